The molecule has 0 radical (unpaired) electrons. The number of halogens is 1. The number of rotatable bonds is 3. The highest BCUT2D eigenvalue weighted by Gasteiger charge is 2.09. The van der Waals surface area contributed by atoms with E-state index >= 15 is 0 Å². The van der Waals surface area contributed by atoms with Gasteiger partial charge in [0.15, 0.2) is 5.11 Å². The number of nitrogens with one attached hydrogen (secondary N) is 2. The molecule has 0 aliphatic carbocycles. The Balaban J connectivity index is 1.96. The molecule has 0 saturated carbocycles. The van der Waals surface area contributed by atoms with Gasteiger partial charge in [-0.15, -0.1) is 0 Å². The maximum absolute atomic E-state index is 5.93. The third kappa shape index (κ3) is 3.49. The van der Waals surface area contributed by atoms with Crippen LogP contribution in [-0.2, 0) is 13.6 Å². The first-order valence-electron chi connectivity index (χ1n) is 6.27. The molecule has 2 aromatic rings. The second-order valence-electron chi connectivity index (χ2n) is 4.59. The van der Waals surface area contributed by atoms with Gasteiger partial charge < -0.3 is 10.6 Å². The van der Waals surface area contributed by atoms with E-state index in [1.54, 1.807) is 0 Å². The van der Waals surface area contributed by atoms with Gasteiger partial charge >= 0.3 is 0 Å². The SMILES string of the molecule is Cc1nn(C)c(C)c1CNC(=S)Nc1cccc(Cl)c1. The van der Waals surface area contributed by atoms with Gasteiger partial charge in [-0.2, -0.15) is 5.10 Å². The van der Waals surface area contributed by atoms with Crippen molar-refractivity contribution < 1.29 is 0 Å². The van der Waals surface area contributed by atoms with Gasteiger partial charge in [0.05, 0.1) is 5.69 Å². The number of aryl methyl sites for hydroxylation is 2. The van der Waals surface area contributed by atoms with Gasteiger partial charge in [0, 0.05) is 35.6 Å². The predicted molar refractivity (Wildman–Crippen MR) is 87.2 cm³/mol. The molecule has 106 valence electrons. The Morgan fingerprint density at radius 3 is 2.75 bits per heavy atom. The van der Waals surface area contributed by atoms with Crippen molar-refractivity contribution in [2.75, 3.05) is 5.32 Å². The van der Waals surface area contributed by atoms with Crippen LogP contribution in [0.1, 0.15) is 17.0 Å². The summed E-state index contributed by atoms with van der Waals surface area (Å²) >= 11 is 11.2. The zero-order chi connectivity index (χ0) is 14.7. The maximum Gasteiger partial charge on any atom is 0.171 e. The van der Waals surface area contributed by atoms with Crippen LogP contribution in [0.2, 0.25) is 5.02 Å². The number of hydrogen-bond donors (Lipinski definition) is 2. The summed E-state index contributed by atoms with van der Waals surface area (Å²) in [5, 5.41) is 11.9. The highest BCUT2D eigenvalue weighted by Crippen LogP contribution is 2.15. The predicted octanol–water partition coefficient (Wildman–Crippen LogP) is 3.18. The van der Waals surface area contributed by atoms with Gasteiger partial charge in [-0.05, 0) is 44.3 Å². The molecule has 4 nitrogen and oxygen atoms in total. The molecule has 20 heavy (non-hydrogen) atoms. The Bertz CT molecular complexity index is 636. The number of hydrogen-bond acceptors (Lipinski definition) is 2. The van der Waals surface area contributed by atoms with Crippen molar-refractivity contribution >= 4 is 34.6 Å². The average molecular weight is 309 g/mol. The molecule has 2 rings (SSSR count). The molecule has 0 bridgehead atoms. The molecule has 2 N–H and O–H groups in total. The molecule has 1 aromatic heterocycles. The first-order valence-corrected chi connectivity index (χ1v) is 7.05. The first kappa shape index (κ1) is 14.8. The summed E-state index contributed by atoms with van der Waals surface area (Å²) in [6, 6.07) is 7.45. The zero-order valence-corrected chi connectivity index (χ0v) is 13.3. The molecule has 6 heteroatoms. The summed E-state index contributed by atoms with van der Waals surface area (Å²) in [6.45, 7) is 4.69. The Hall–Kier alpha value is -1.59. The van der Waals surface area contributed by atoms with Crippen LogP contribution in [0.15, 0.2) is 24.3 Å². The van der Waals surface area contributed by atoms with Crippen molar-refractivity contribution in [1.29, 1.82) is 0 Å². The molecule has 0 atom stereocenters. The van der Waals surface area contributed by atoms with Gasteiger partial charge in [0.1, 0.15) is 0 Å². The number of aromatic nitrogens is 2. The Morgan fingerprint density at radius 2 is 2.15 bits per heavy atom. The molecular formula is C14H17ClN4S. The molecule has 0 aliphatic rings. The minimum absolute atomic E-state index is 0.565. The molecule has 0 amide bonds. The van der Waals surface area contributed by atoms with Crippen molar-refractivity contribution in [3.05, 3.63) is 46.2 Å². The highest BCUT2D eigenvalue weighted by atomic mass is 35.5. The summed E-state index contributed by atoms with van der Waals surface area (Å²) in [5.41, 5.74) is 4.20. The van der Waals surface area contributed by atoms with Gasteiger partial charge in [0.2, 0.25) is 0 Å². The maximum atomic E-state index is 5.93. The second kappa shape index (κ2) is 6.24. The van der Waals surface area contributed by atoms with Gasteiger partial charge in [-0.1, -0.05) is 17.7 Å². The standard InChI is InChI=1S/C14H17ClN4S/c1-9-13(10(2)19(3)18-9)8-16-14(20)17-12-6-4-5-11(15)7-12/h4-7H,8H2,1-3H3,(H2,16,17,20). The minimum Gasteiger partial charge on any atom is -0.358 e. The van der Waals surface area contributed by atoms with Gasteiger partial charge in [-0.25, -0.2) is 0 Å². The van der Waals surface area contributed by atoms with Crippen LogP contribution in [-0.4, -0.2) is 14.9 Å². The molecule has 1 aromatic carbocycles. The molecular weight excluding hydrogens is 292 g/mol. The quantitative estimate of drug-likeness (QED) is 0.855. The number of nitrogens with zero attached hydrogens (tertiary/aromatic N) is 2. The van der Waals surface area contributed by atoms with Crippen molar-refractivity contribution in [3.8, 4) is 0 Å². The Labute approximate surface area is 129 Å². The van der Waals surface area contributed by atoms with Crippen LogP contribution in [0.3, 0.4) is 0 Å². The van der Waals surface area contributed by atoms with Gasteiger partial charge in [-0.3, -0.25) is 4.68 Å². The van der Waals surface area contributed by atoms with E-state index in [1.165, 1.54) is 5.56 Å². The summed E-state index contributed by atoms with van der Waals surface area (Å²) in [4.78, 5) is 0. The lowest BCUT2D eigenvalue weighted by atomic mass is 10.2. The monoisotopic (exact) mass is 308 g/mol. The topological polar surface area (TPSA) is 41.9 Å². The van der Waals surface area contributed by atoms with E-state index in [1.807, 2.05) is 49.8 Å². The van der Waals surface area contributed by atoms with Crippen molar-refractivity contribution in [2.45, 2.75) is 20.4 Å². The normalized spacial score (nSPS) is 10.4. The third-order valence-corrected chi connectivity index (χ3v) is 3.65. The van der Waals surface area contributed by atoms with Crippen LogP contribution >= 0.6 is 23.8 Å². The van der Waals surface area contributed by atoms with Gasteiger partial charge in [0.25, 0.3) is 0 Å². The molecule has 0 aliphatic heterocycles. The molecule has 0 unspecified atom stereocenters. The van der Waals surface area contributed by atoms with Crippen LogP contribution in [0.25, 0.3) is 0 Å². The number of anilines is 1. The van der Waals surface area contributed by atoms with E-state index in [2.05, 4.69) is 15.7 Å². The fourth-order valence-corrected chi connectivity index (χ4v) is 2.36. The molecule has 0 spiro atoms. The minimum atomic E-state index is 0.565. The van der Waals surface area contributed by atoms with Crippen molar-refractivity contribution in [2.24, 2.45) is 7.05 Å². The van der Waals surface area contributed by atoms with Crippen molar-refractivity contribution in [1.82, 2.24) is 15.1 Å². The molecule has 0 fully saturated rings. The van der Waals surface area contributed by atoms with E-state index in [0.29, 0.717) is 16.7 Å². The summed E-state index contributed by atoms with van der Waals surface area (Å²) in [7, 11) is 1.94. The molecule has 1 heterocycles. The fourth-order valence-electron chi connectivity index (χ4n) is 1.98. The smallest absolute Gasteiger partial charge is 0.171 e. The summed E-state index contributed by atoms with van der Waals surface area (Å²) in [5.74, 6) is 0. The van der Waals surface area contributed by atoms with E-state index in [9.17, 15) is 0 Å². The van der Waals surface area contributed by atoms with Crippen LogP contribution < -0.4 is 10.6 Å². The average Bonchev–Trinajstić information content (AvgIpc) is 2.61. The van der Waals surface area contributed by atoms with Crippen LogP contribution in [0.4, 0.5) is 5.69 Å². The van der Waals surface area contributed by atoms with Crippen LogP contribution in [0.5, 0.6) is 0 Å². The fraction of sp³-hybridized carbons (Fsp3) is 0.286. The van der Waals surface area contributed by atoms with E-state index in [0.717, 1.165) is 17.1 Å². The number of thiocarbonyl (C=S) groups is 1. The largest absolute Gasteiger partial charge is 0.358 e. The summed E-state index contributed by atoms with van der Waals surface area (Å²) < 4.78 is 1.87. The van der Waals surface area contributed by atoms with E-state index in [-0.39, 0.29) is 0 Å². The zero-order valence-electron chi connectivity index (χ0n) is 11.7. The van der Waals surface area contributed by atoms with E-state index < -0.39 is 0 Å². The van der Waals surface area contributed by atoms with Crippen LogP contribution in [0, 0.1) is 13.8 Å². The van der Waals surface area contributed by atoms with Crippen molar-refractivity contribution in [3.63, 3.8) is 0 Å². The highest BCUT2D eigenvalue weighted by molar-refractivity contribution is 7.80. The number of benzene rings is 1. The second-order valence-corrected chi connectivity index (χ2v) is 5.44. The first-order chi connectivity index (χ1) is 9.47. The van der Waals surface area contributed by atoms with E-state index in [4.69, 9.17) is 23.8 Å². The lowest BCUT2D eigenvalue weighted by molar-refractivity contribution is 0.729. The Kier molecular flexibility index (Phi) is 4.62. The lowest BCUT2D eigenvalue weighted by Gasteiger charge is -2.11. The summed E-state index contributed by atoms with van der Waals surface area (Å²) in [6.07, 6.45) is 0. The third-order valence-electron chi connectivity index (χ3n) is 3.17. The lowest BCUT2D eigenvalue weighted by Crippen LogP contribution is -2.28. The molecule has 0 saturated heterocycles. The Morgan fingerprint density at radius 1 is 1.40 bits per heavy atom.